The molecule has 0 saturated carbocycles. The molecule has 0 aromatic heterocycles. The Morgan fingerprint density at radius 3 is 1.97 bits per heavy atom. The summed E-state index contributed by atoms with van der Waals surface area (Å²) in [5.41, 5.74) is 3.42. The molecule has 190 valence electrons. The lowest BCUT2D eigenvalue weighted by Gasteiger charge is -2.38. The standard InChI is InChI=1S/C29H48Cl2O2/c1-20(2)10-7-11-21(3)12-8-13-22(4)14-9-16-29(6)17-15-24-26(19-31)27(32)25(18-30)23(5)28(24)33-29/h20-22,32H,7-19H2,1-6H3/t21-,22-,29-/m1/s1. The Morgan fingerprint density at radius 1 is 0.879 bits per heavy atom. The highest BCUT2D eigenvalue weighted by Crippen LogP contribution is 2.46. The molecule has 0 saturated heterocycles. The second kappa shape index (κ2) is 13.5. The molecule has 4 heteroatoms. The van der Waals surface area contributed by atoms with Crippen molar-refractivity contribution in [2.75, 3.05) is 0 Å². The van der Waals surface area contributed by atoms with Crippen LogP contribution >= 0.6 is 23.2 Å². The molecule has 0 aliphatic carbocycles. The molecule has 2 nitrogen and oxygen atoms in total. The first-order valence-electron chi connectivity index (χ1n) is 13.3. The van der Waals surface area contributed by atoms with Gasteiger partial charge in [-0.3, -0.25) is 0 Å². The average molecular weight is 500 g/mol. The highest BCUT2D eigenvalue weighted by atomic mass is 35.5. The van der Waals surface area contributed by atoms with Gasteiger partial charge in [0.15, 0.2) is 0 Å². The zero-order valence-electron chi connectivity index (χ0n) is 22.0. The van der Waals surface area contributed by atoms with Gasteiger partial charge < -0.3 is 9.84 Å². The van der Waals surface area contributed by atoms with Crippen LogP contribution in [0.25, 0.3) is 0 Å². The first-order chi connectivity index (χ1) is 15.6. The molecule has 1 aliphatic heterocycles. The van der Waals surface area contributed by atoms with Crippen molar-refractivity contribution in [3.8, 4) is 11.5 Å². The summed E-state index contributed by atoms with van der Waals surface area (Å²) in [4.78, 5) is 0. The number of phenolic OH excluding ortho intramolecular Hbond substituents is 1. The van der Waals surface area contributed by atoms with Gasteiger partial charge in [0.05, 0.1) is 11.8 Å². The quantitative estimate of drug-likeness (QED) is 0.258. The maximum absolute atomic E-state index is 10.6. The maximum atomic E-state index is 10.6. The fourth-order valence-electron chi connectivity index (χ4n) is 5.38. The highest BCUT2D eigenvalue weighted by Gasteiger charge is 2.35. The van der Waals surface area contributed by atoms with Crippen molar-refractivity contribution in [1.29, 1.82) is 0 Å². The number of fused-ring (bicyclic) bond motifs is 1. The van der Waals surface area contributed by atoms with Gasteiger partial charge in [0, 0.05) is 16.7 Å². The predicted molar refractivity (Wildman–Crippen MR) is 144 cm³/mol. The summed E-state index contributed by atoms with van der Waals surface area (Å²) >= 11 is 12.3. The minimum Gasteiger partial charge on any atom is -0.507 e. The predicted octanol–water partition coefficient (Wildman–Crippen LogP) is 9.70. The third kappa shape index (κ3) is 8.24. The lowest BCUT2D eigenvalue weighted by Crippen LogP contribution is -2.37. The van der Waals surface area contributed by atoms with E-state index in [2.05, 4.69) is 34.6 Å². The van der Waals surface area contributed by atoms with Crippen molar-refractivity contribution in [1.82, 2.24) is 0 Å². The highest BCUT2D eigenvalue weighted by molar-refractivity contribution is 6.18. The maximum Gasteiger partial charge on any atom is 0.127 e. The number of halogens is 2. The third-order valence-corrected chi connectivity index (χ3v) is 8.33. The van der Waals surface area contributed by atoms with Crippen molar-refractivity contribution >= 4 is 23.2 Å². The number of hydrogen-bond acceptors (Lipinski definition) is 2. The lowest BCUT2D eigenvalue weighted by molar-refractivity contribution is 0.0511. The summed E-state index contributed by atoms with van der Waals surface area (Å²) in [5.74, 6) is 4.19. The van der Waals surface area contributed by atoms with Crippen molar-refractivity contribution in [2.45, 2.75) is 130 Å². The number of benzene rings is 1. The van der Waals surface area contributed by atoms with Crippen LogP contribution in [0.3, 0.4) is 0 Å². The van der Waals surface area contributed by atoms with Gasteiger partial charge in [-0.15, -0.1) is 23.2 Å². The number of hydrogen-bond donors (Lipinski definition) is 1. The van der Waals surface area contributed by atoms with E-state index in [-0.39, 0.29) is 23.1 Å². The molecule has 1 N–H and O–H groups in total. The molecule has 2 rings (SSSR count). The fourth-order valence-corrected chi connectivity index (χ4v) is 5.99. The molecule has 0 spiro atoms. The van der Waals surface area contributed by atoms with Crippen LogP contribution in [0.5, 0.6) is 11.5 Å². The molecule has 33 heavy (non-hydrogen) atoms. The summed E-state index contributed by atoms with van der Waals surface area (Å²) in [5, 5.41) is 10.6. The molecule has 1 aliphatic rings. The first-order valence-corrected chi connectivity index (χ1v) is 14.4. The summed E-state index contributed by atoms with van der Waals surface area (Å²) in [6.45, 7) is 13.7. The monoisotopic (exact) mass is 498 g/mol. The second-order valence-corrected chi connectivity index (χ2v) is 12.0. The normalized spacial score (nSPS) is 19.9. The molecule has 3 atom stereocenters. The Bertz CT molecular complexity index is 746. The van der Waals surface area contributed by atoms with Crippen molar-refractivity contribution in [3.63, 3.8) is 0 Å². The molecule has 1 heterocycles. The van der Waals surface area contributed by atoms with E-state index in [4.69, 9.17) is 27.9 Å². The molecule has 1 aromatic rings. The van der Waals surface area contributed by atoms with Crippen LogP contribution in [0.4, 0.5) is 0 Å². The zero-order valence-corrected chi connectivity index (χ0v) is 23.5. The molecule has 0 amide bonds. The van der Waals surface area contributed by atoms with Crippen molar-refractivity contribution in [2.24, 2.45) is 17.8 Å². The van der Waals surface area contributed by atoms with Gasteiger partial charge in [-0.25, -0.2) is 0 Å². The van der Waals surface area contributed by atoms with Crippen LogP contribution in [0.15, 0.2) is 0 Å². The van der Waals surface area contributed by atoms with Crippen molar-refractivity contribution < 1.29 is 9.84 Å². The minimum absolute atomic E-state index is 0.160. The van der Waals surface area contributed by atoms with Gasteiger partial charge in [0.1, 0.15) is 17.1 Å². The molecule has 0 fully saturated rings. The average Bonchev–Trinajstić information content (AvgIpc) is 2.74. The van der Waals surface area contributed by atoms with E-state index in [1.807, 2.05) is 6.92 Å². The number of phenols is 1. The van der Waals surface area contributed by atoms with Crippen LogP contribution in [0, 0.1) is 24.7 Å². The molecule has 1 aromatic carbocycles. The second-order valence-electron chi connectivity index (χ2n) is 11.4. The van der Waals surface area contributed by atoms with Crippen molar-refractivity contribution in [3.05, 3.63) is 22.3 Å². The van der Waals surface area contributed by atoms with Gasteiger partial charge in [-0.05, 0) is 62.8 Å². The Balaban J connectivity index is 1.81. The van der Waals surface area contributed by atoms with E-state index >= 15 is 0 Å². The van der Waals surface area contributed by atoms with Crippen LogP contribution in [-0.2, 0) is 18.2 Å². The van der Waals surface area contributed by atoms with Crippen LogP contribution < -0.4 is 4.74 Å². The third-order valence-electron chi connectivity index (χ3n) is 7.80. The topological polar surface area (TPSA) is 29.5 Å². The van der Waals surface area contributed by atoms with E-state index < -0.39 is 0 Å². The Kier molecular flexibility index (Phi) is 11.7. The van der Waals surface area contributed by atoms with E-state index in [1.165, 1.54) is 51.4 Å². The van der Waals surface area contributed by atoms with E-state index in [0.29, 0.717) is 0 Å². The SMILES string of the molecule is Cc1c(CCl)c(O)c(CCl)c2c1O[C@](C)(CCC[C@H](C)CCC[C@H](C)CCCC(C)C)CC2. The van der Waals surface area contributed by atoms with Crippen LogP contribution in [0.2, 0.25) is 0 Å². The Labute approximate surface area is 213 Å². The number of ether oxygens (including phenoxy) is 1. The van der Waals surface area contributed by atoms with Crippen LogP contribution in [-0.4, -0.2) is 10.7 Å². The first kappa shape index (κ1) is 28.6. The summed E-state index contributed by atoms with van der Waals surface area (Å²) in [7, 11) is 0. The molecular weight excluding hydrogens is 451 g/mol. The zero-order chi connectivity index (χ0) is 24.6. The number of rotatable bonds is 14. The summed E-state index contributed by atoms with van der Waals surface area (Å²) in [6, 6.07) is 0. The largest absolute Gasteiger partial charge is 0.507 e. The minimum atomic E-state index is -0.160. The Morgan fingerprint density at radius 2 is 1.42 bits per heavy atom. The van der Waals surface area contributed by atoms with Gasteiger partial charge in [-0.2, -0.15) is 0 Å². The molecule has 0 bridgehead atoms. The van der Waals surface area contributed by atoms with E-state index in [9.17, 15) is 5.11 Å². The molecule has 0 unspecified atom stereocenters. The van der Waals surface area contributed by atoms with Gasteiger partial charge in [0.25, 0.3) is 0 Å². The van der Waals surface area contributed by atoms with E-state index in [1.54, 1.807) is 0 Å². The number of alkyl halides is 2. The van der Waals surface area contributed by atoms with E-state index in [0.717, 1.165) is 65.0 Å². The van der Waals surface area contributed by atoms with Crippen LogP contribution in [0.1, 0.15) is 121 Å². The number of aromatic hydroxyl groups is 1. The van der Waals surface area contributed by atoms with Gasteiger partial charge >= 0.3 is 0 Å². The smallest absolute Gasteiger partial charge is 0.127 e. The molecular formula is C29H48Cl2O2. The summed E-state index contributed by atoms with van der Waals surface area (Å²) < 4.78 is 6.61. The van der Waals surface area contributed by atoms with Gasteiger partial charge in [-0.1, -0.05) is 72.6 Å². The van der Waals surface area contributed by atoms with Gasteiger partial charge in [0.2, 0.25) is 0 Å². The molecule has 0 radical (unpaired) electrons. The Hall–Kier alpha value is -0.600. The lowest BCUT2D eigenvalue weighted by atomic mass is 9.83. The summed E-state index contributed by atoms with van der Waals surface area (Å²) in [6.07, 6.45) is 13.6. The fraction of sp³-hybridized carbons (Fsp3) is 0.793.